The summed E-state index contributed by atoms with van der Waals surface area (Å²) in [7, 11) is 1.84. The number of halogens is 1. The number of benzene rings is 1. The van der Waals surface area contributed by atoms with Crippen LogP contribution in [0.1, 0.15) is 18.4 Å². The van der Waals surface area contributed by atoms with Crippen LogP contribution in [-0.2, 0) is 22.2 Å². The molecular weight excluding hydrogens is 335 g/mol. The Morgan fingerprint density at radius 2 is 1.92 bits per heavy atom. The number of carbonyl (C=O) groups is 2. The molecule has 1 saturated heterocycles. The van der Waals surface area contributed by atoms with E-state index in [2.05, 4.69) is 0 Å². The van der Waals surface area contributed by atoms with E-state index in [-0.39, 0.29) is 17.4 Å². The highest BCUT2D eigenvalue weighted by molar-refractivity contribution is 6.16. The summed E-state index contributed by atoms with van der Waals surface area (Å²) in [4.78, 5) is 27.3. The van der Waals surface area contributed by atoms with E-state index in [0.29, 0.717) is 36.9 Å². The summed E-state index contributed by atoms with van der Waals surface area (Å²) in [5, 5.41) is 10.5. The maximum Gasteiger partial charge on any atom is 0.181 e. The minimum Gasteiger partial charge on any atom is -0.393 e. The van der Waals surface area contributed by atoms with E-state index in [4.69, 9.17) is 0 Å². The Morgan fingerprint density at radius 1 is 1.19 bits per heavy atom. The number of allylic oxidation sites excluding steroid dienone is 1. The molecule has 1 aromatic heterocycles. The van der Waals surface area contributed by atoms with E-state index in [9.17, 15) is 19.1 Å². The first-order valence-electron chi connectivity index (χ1n) is 8.72. The molecule has 1 aromatic carbocycles. The predicted molar refractivity (Wildman–Crippen MR) is 94.8 cm³/mol. The first kappa shape index (κ1) is 17.1. The standard InChI is InChI=1S/C20H20FN2O3/c1-22-12-17(16-10-13(21)2-4-18(16)22)20(11-15(25)3-5-19(20)26)23-8-6-14(24)7-9-23/h2-5,10-12,14,24H,6-9H2,1H3. The SMILES string of the molecule is Cn1cc(C2(N3CCC(O)CC3)[CH]C(=O)C=CC2=O)c2cc(F)ccc21. The second-order valence-electron chi connectivity index (χ2n) is 7.04. The van der Waals surface area contributed by atoms with Gasteiger partial charge in [0.25, 0.3) is 0 Å². The third-order valence-corrected chi connectivity index (χ3v) is 5.45. The number of carbonyl (C=O) groups excluding carboxylic acids is 2. The topological polar surface area (TPSA) is 62.5 Å². The largest absolute Gasteiger partial charge is 0.393 e. The summed E-state index contributed by atoms with van der Waals surface area (Å²) in [6, 6.07) is 4.47. The van der Waals surface area contributed by atoms with Gasteiger partial charge in [0.1, 0.15) is 11.4 Å². The number of aryl methyl sites for hydroxylation is 1. The molecule has 0 bridgehead atoms. The third kappa shape index (κ3) is 2.52. The monoisotopic (exact) mass is 355 g/mol. The fourth-order valence-corrected chi connectivity index (χ4v) is 4.12. The molecule has 1 radical (unpaired) electrons. The molecule has 1 N–H and O–H groups in total. The molecule has 135 valence electrons. The summed E-state index contributed by atoms with van der Waals surface area (Å²) in [5.74, 6) is -0.853. The van der Waals surface area contributed by atoms with Gasteiger partial charge < -0.3 is 9.67 Å². The van der Waals surface area contributed by atoms with Gasteiger partial charge in [0.2, 0.25) is 0 Å². The molecule has 4 rings (SSSR count). The lowest BCUT2D eigenvalue weighted by Crippen LogP contribution is -2.57. The van der Waals surface area contributed by atoms with Crippen LogP contribution in [0.5, 0.6) is 0 Å². The van der Waals surface area contributed by atoms with E-state index in [1.54, 1.807) is 12.3 Å². The van der Waals surface area contributed by atoms with E-state index in [0.717, 1.165) is 5.52 Å². The number of ketones is 2. The number of piperidine rings is 1. The number of nitrogens with zero attached hydrogens (tertiary/aromatic N) is 2. The van der Waals surface area contributed by atoms with Crippen molar-refractivity contribution in [1.29, 1.82) is 0 Å². The fourth-order valence-electron chi connectivity index (χ4n) is 4.12. The van der Waals surface area contributed by atoms with Gasteiger partial charge in [-0.25, -0.2) is 4.39 Å². The molecule has 1 unspecified atom stereocenters. The van der Waals surface area contributed by atoms with E-state index in [1.807, 2.05) is 16.5 Å². The van der Waals surface area contributed by atoms with Crippen molar-refractivity contribution >= 4 is 22.5 Å². The van der Waals surface area contributed by atoms with Crippen LogP contribution in [0.3, 0.4) is 0 Å². The highest BCUT2D eigenvalue weighted by Gasteiger charge is 2.49. The summed E-state index contributed by atoms with van der Waals surface area (Å²) in [5.41, 5.74) is 0.133. The average molecular weight is 355 g/mol. The first-order chi connectivity index (χ1) is 12.4. The van der Waals surface area contributed by atoms with Crippen molar-refractivity contribution in [2.24, 2.45) is 7.05 Å². The molecule has 1 atom stereocenters. The van der Waals surface area contributed by atoms with Crippen molar-refractivity contribution in [1.82, 2.24) is 9.47 Å². The molecule has 1 aliphatic heterocycles. The van der Waals surface area contributed by atoms with Crippen molar-refractivity contribution < 1.29 is 19.1 Å². The molecule has 2 heterocycles. The molecule has 26 heavy (non-hydrogen) atoms. The lowest BCUT2D eigenvalue weighted by atomic mass is 9.75. The molecular formula is C20H20FN2O3. The van der Waals surface area contributed by atoms with Gasteiger partial charge >= 0.3 is 0 Å². The Hall–Kier alpha value is -2.31. The van der Waals surface area contributed by atoms with Crippen LogP contribution in [-0.4, -0.2) is 45.3 Å². The number of aromatic nitrogens is 1. The highest BCUT2D eigenvalue weighted by Crippen LogP contribution is 2.41. The zero-order valence-electron chi connectivity index (χ0n) is 14.5. The van der Waals surface area contributed by atoms with Crippen LogP contribution in [0.2, 0.25) is 0 Å². The van der Waals surface area contributed by atoms with Crippen molar-refractivity contribution in [2.75, 3.05) is 13.1 Å². The second-order valence-corrected chi connectivity index (χ2v) is 7.04. The Morgan fingerprint density at radius 3 is 2.65 bits per heavy atom. The van der Waals surface area contributed by atoms with Crippen molar-refractivity contribution in [2.45, 2.75) is 24.5 Å². The predicted octanol–water partition coefficient (Wildman–Crippen LogP) is 1.88. The lowest BCUT2D eigenvalue weighted by molar-refractivity contribution is -0.130. The van der Waals surface area contributed by atoms with Crippen molar-refractivity contribution in [3.05, 3.63) is 54.3 Å². The molecule has 0 amide bonds. The fraction of sp³-hybridized carbons (Fsp3) is 0.350. The minimum atomic E-state index is -1.26. The average Bonchev–Trinajstić information content (AvgIpc) is 2.94. The van der Waals surface area contributed by atoms with Crippen molar-refractivity contribution in [3.8, 4) is 0 Å². The van der Waals surface area contributed by atoms with Gasteiger partial charge in [-0.2, -0.15) is 0 Å². The van der Waals surface area contributed by atoms with Crippen LogP contribution in [0, 0.1) is 12.2 Å². The Labute approximate surface area is 150 Å². The number of rotatable bonds is 2. The quantitative estimate of drug-likeness (QED) is 0.894. The lowest BCUT2D eigenvalue weighted by Gasteiger charge is -2.45. The Balaban J connectivity index is 1.95. The molecule has 0 spiro atoms. The van der Waals surface area contributed by atoms with Gasteiger partial charge in [0, 0.05) is 42.8 Å². The van der Waals surface area contributed by atoms with E-state index < -0.39 is 11.6 Å². The number of fused-ring (bicyclic) bond motifs is 1. The highest BCUT2D eigenvalue weighted by atomic mass is 19.1. The maximum absolute atomic E-state index is 14.0. The molecule has 0 saturated carbocycles. The Bertz CT molecular complexity index is 925. The van der Waals surface area contributed by atoms with Gasteiger partial charge in [-0.05, 0) is 43.2 Å². The first-order valence-corrected chi connectivity index (χ1v) is 8.72. The number of aliphatic hydroxyl groups is 1. The van der Waals surface area contributed by atoms with Crippen LogP contribution < -0.4 is 0 Å². The second kappa shape index (κ2) is 6.14. The number of hydrogen-bond acceptors (Lipinski definition) is 4. The zero-order chi connectivity index (χ0) is 18.5. The molecule has 5 nitrogen and oxygen atoms in total. The summed E-state index contributed by atoms with van der Waals surface area (Å²) >= 11 is 0. The van der Waals surface area contributed by atoms with Gasteiger partial charge in [-0.3, -0.25) is 14.5 Å². The van der Waals surface area contributed by atoms with Crippen LogP contribution in [0.15, 0.2) is 36.5 Å². The summed E-state index contributed by atoms with van der Waals surface area (Å²) in [6.45, 7) is 0.965. The Kier molecular flexibility index (Phi) is 4.04. The molecule has 2 aromatic rings. The smallest absolute Gasteiger partial charge is 0.181 e. The molecule has 2 aliphatic rings. The number of aliphatic hydroxyl groups excluding tert-OH is 1. The van der Waals surface area contributed by atoms with Crippen LogP contribution >= 0.6 is 0 Å². The van der Waals surface area contributed by atoms with Crippen LogP contribution in [0.4, 0.5) is 4.39 Å². The van der Waals surface area contributed by atoms with E-state index in [1.165, 1.54) is 30.7 Å². The maximum atomic E-state index is 14.0. The van der Waals surface area contributed by atoms with Gasteiger partial charge in [-0.15, -0.1) is 0 Å². The van der Waals surface area contributed by atoms with Crippen LogP contribution in [0.25, 0.3) is 10.9 Å². The normalized spacial score (nSPS) is 25.3. The summed E-state index contributed by atoms with van der Waals surface area (Å²) < 4.78 is 15.8. The van der Waals surface area contributed by atoms with Gasteiger partial charge in [-0.1, -0.05) is 0 Å². The molecule has 1 aliphatic carbocycles. The van der Waals surface area contributed by atoms with Gasteiger partial charge in [0.05, 0.1) is 12.5 Å². The number of likely N-dealkylation sites (tertiary alicyclic amines) is 1. The molecule has 1 fully saturated rings. The molecule has 6 heteroatoms. The third-order valence-electron chi connectivity index (χ3n) is 5.45. The summed E-state index contributed by atoms with van der Waals surface area (Å²) in [6.07, 6.45) is 6.47. The van der Waals surface area contributed by atoms with Crippen molar-refractivity contribution in [3.63, 3.8) is 0 Å². The number of hydrogen-bond donors (Lipinski definition) is 1. The zero-order valence-corrected chi connectivity index (χ0v) is 14.5. The minimum absolute atomic E-state index is 0.217. The van der Waals surface area contributed by atoms with E-state index >= 15 is 0 Å². The van der Waals surface area contributed by atoms with Gasteiger partial charge in [0.15, 0.2) is 11.6 Å².